The topological polar surface area (TPSA) is 70.7 Å². The van der Waals surface area contributed by atoms with Crippen LogP contribution in [0.2, 0.25) is 0 Å². The monoisotopic (exact) mass is 410 g/mol. The molecule has 3 aliphatic rings. The van der Waals surface area contributed by atoms with Crippen LogP contribution < -0.4 is 11.0 Å². The van der Waals surface area contributed by atoms with E-state index >= 15 is 0 Å². The lowest BCUT2D eigenvalue weighted by Gasteiger charge is -2.43. The fourth-order valence-corrected chi connectivity index (χ4v) is 5.63. The van der Waals surface area contributed by atoms with Crippen molar-refractivity contribution in [1.82, 2.24) is 18.9 Å². The molecule has 2 unspecified atom stereocenters. The second-order valence-electron chi connectivity index (χ2n) is 9.23. The molecule has 0 amide bonds. The van der Waals surface area contributed by atoms with Gasteiger partial charge < -0.3 is 14.2 Å². The van der Waals surface area contributed by atoms with Crippen molar-refractivity contribution in [3.8, 4) is 5.75 Å². The third-order valence-corrected chi connectivity index (χ3v) is 7.15. The van der Waals surface area contributed by atoms with Gasteiger partial charge in [-0.3, -0.25) is 19.4 Å². The van der Waals surface area contributed by atoms with Crippen LogP contribution >= 0.6 is 0 Å². The third kappa shape index (κ3) is 3.50. The van der Waals surface area contributed by atoms with Crippen LogP contribution in [0.25, 0.3) is 0 Å². The molecule has 2 aromatic rings. The molecule has 3 aliphatic heterocycles. The SMILES string of the molecule is Cn1c(CN2CC3CC(C2)c2cccc(=O)n2C3)cc(=O)c(O)c1CN1CCCC1. The molecule has 5 heterocycles. The van der Waals surface area contributed by atoms with E-state index in [0.717, 1.165) is 50.5 Å². The number of piperidine rings is 1. The van der Waals surface area contributed by atoms with E-state index in [2.05, 4.69) is 15.9 Å². The van der Waals surface area contributed by atoms with Crippen LogP contribution in [0.4, 0.5) is 0 Å². The van der Waals surface area contributed by atoms with Crippen LogP contribution in [-0.4, -0.2) is 50.2 Å². The molecule has 0 aliphatic carbocycles. The first-order chi connectivity index (χ1) is 14.5. The first-order valence-corrected chi connectivity index (χ1v) is 11.0. The summed E-state index contributed by atoms with van der Waals surface area (Å²) in [4.78, 5) is 29.4. The molecule has 0 saturated carbocycles. The molecule has 2 aromatic heterocycles. The highest BCUT2D eigenvalue weighted by molar-refractivity contribution is 5.30. The molecule has 7 nitrogen and oxygen atoms in total. The van der Waals surface area contributed by atoms with Gasteiger partial charge in [0.1, 0.15) is 0 Å². The number of likely N-dealkylation sites (tertiary alicyclic amines) is 2. The minimum atomic E-state index is -0.286. The minimum Gasteiger partial charge on any atom is -0.503 e. The summed E-state index contributed by atoms with van der Waals surface area (Å²) in [5.41, 5.74) is 2.61. The van der Waals surface area contributed by atoms with E-state index < -0.39 is 0 Å². The summed E-state index contributed by atoms with van der Waals surface area (Å²) in [5.74, 6) is 0.691. The van der Waals surface area contributed by atoms with Crippen molar-refractivity contribution in [1.29, 1.82) is 0 Å². The second kappa shape index (κ2) is 7.71. The van der Waals surface area contributed by atoms with Crippen molar-refractivity contribution in [2.45, 2.75) is 44.8 Å². The lowest BCUT2D eigenvalue weighted by atomic mass is 9.83. The predicted octanol–water partition coefficient (Wildman–Crippen LogP) is 1.47. The number of aromatic nitrogens is 2. The molecule has 2 atom stereocenters. The van der Waals surface area contributed by atoms with Crippen molar-refractivity contribution < 1.29 is 5.11 Å². The zero-order valence-corrected chi connectivity index (χ0v) is 17.6. The van der Waals surface area contributed by atoms with E-state index in [1.807, 2.05) is 22.2 Å². The van der Waals surface area contributed by atoms with Crippen LogP contribution in [0.5, 0.6) is 5.75 Å². The molecule has 160 valence electrons. The smallest absolute Gasteiger partial charge is 0.250 e. The fraction of sp³-hybridized carbons (Fsp3) is 0.565. The zero-order chi connectivity index (χ0) is 20.8. The van der Waals surface area contributed by atoms with E-state index in [1.165, 1.54) is 12.8 Å². The van der Waals surface area contributed by atoms with Crippen molar-refractivity contribution in [2.75, 3.05) is 26.2 Å². The van der Waals surface area contributed by atoms with Crippen molar-refractivity contribution in [3.05, 3.63) is 61.9 Å². The fourth-order valence-electron chi connectivity index (χ4n) is 5.63. The molecule has 30 heavy (non-hydrogen) atoms. The average molecular weight is 411 g/mol. The van der Waals surface area contributed by atoms with Crippen LogP contribution in [0, 0.1) is 5.92 Å². The summed E-state index contributed by atoms with van der Waals surface area (Å²) >= 11 is 0. The number of hydrogen-bond acceptors (Lipinski definition) is 5. The summed E-state index contributed by atoms with van der Waals surface area (Å²) in [5, 5.41) is 10.4. The Bertz CT molecular complexity index is 1070. The average Bonchev–Trinajstić information content (AvgIpc) is 3.23. The Labute approximate surface area is 176 Å². The van der Waals surface area contributed by atoms with Crippen LogP contribution in [0.3, 0.4) is 0 Å². The predicted molar refractivity (Wildman–Crippen MR) is 115 cm³/mol. The number of pyridine rings is 2. The molecule has 0 aromatic carbocycles. The third-order valence-electron chi connectivity index (χ3n) is 7.15. The molecule has 7 heteroatoms. The molecule has 5 rings (SSSR count). The summed E-state index contributed by atoms with van der Waals surface area (Å²) in [6.45, 7) is 5.93. The van der Waals surface area contributed by atoms with Gasteiger partial charge in [0.15, 0.2) is 5.75 Å². The second-order valence-corrected chi connectivity index (χ2v) is 9.23. The minimum absolute atomic E-state index is 0.100. The van der Waals surface area contributed by atoms with Gasteiger partial charge >= 0.3 is 0 Å². The Morgan fingerprint density at radius 1 is 1.03 bits per heavy atom. The van der Waals surface area contributed by atoms with E-state index in [1.54, 1.807) is 12.1 Å². The number of fused-ring (bicyclic) bond motifs is 4. The Morgan fingerprint density at radius 2 is 1.83 bits per heavy atom. The van der Waals surface area contributed by atoms with Gasteiger partial charge in [-0.2, -0.15) is 0 Å². The summed E-state index contributed by atoms with van der Waals surface area (Å²) in [7, 11) is 1.96. The molecule has 2 bridgehead atoms. The van der Waals surface area contributed by atoms with Crippen molar-refractivity contribution >= 4 is 0 Å². The largest absolute Gasteiger partial charge is 0.503 e. The maximum Gasteiger partial charge on any atom is 0.250 e. The van der Waals surface area contributed by atoms with Crippen LogP contribution in [0.1, 0.15) is 42.3 Å². The first-order valence-electron chi connectivity index (χ1n) is 11.0. The first kappa shape index (κ1) is 19.6. The van der Waals surface area contributed by atoms with Crippen LogP contribution in [0.15, 0.2) is 33.9 Å². The Morgan fingerprint density at radius 3 is 2.63 bits per heavy atom. The highest BCUT2D eigenvalue weighted by Crippen LogP contribution is 2.35. The number of rotatable bonds is 4. The van der Waals surface area contributed by atoms with Gasteiger partial charge in [-0.05, 0) is 44.3 Å². The van der Waals surface area contributed by atoms with Gasteiger partial charge in [-0.25, -0.2) is 0 Å². The van der Waals surface area contributed by atoms with Crippen LogP contribution in [-0.2, 0) is 26.7 Å². The maximum absolute atomic E-state index is 12.5. The van der Waals surface area contributed by atoms with Crippen molar-refractivity contribution in [3.63, 3.8) is 0 Å². The Balaban J connectivity index is 1.39. The Kier molecular flexibility index (Phi) is 5.03. The van der Waals surface area contributed by atoms with Gasteiger partial charge in [0, 0.05) is 69.2 Å². The van der Waals surface area contributed by atoms with E-state index in [4.69, 9.17) is 0 Å². The van der Waals surface area contributed by atoms with E-state index in [0.29, 0.717) is 30.6 Å². The van der Waals surface area contributed by atoms with Gasteiger partial charge in [0.05, 0.1) is 5.69 Å². The van der Waals surface area contributed by atoms with Gasteiger partial charge in [0.25, 0.3) is 5.56 Å². The summed E-state index contributed by atoms with van der Waals surface area (Å²) in [6, 6.07) is 7.18. The lowest BCUT2D eigenvalue weighted by Crippen LogP contribution is -2.47. The maximum atomic E-state index is 12.5. The quantitative estimate of drug-likeness (QED) is 0.827. The zero-order valence-electron chi connectivity index (χ0n) is 17.6. The summed E-state index contributed by atoms with van der Waals surface area (Å²) in [6.07, 6.45) is 3.47. The Hall–Kier alpha value is -2.38. The lowest BCUT2D eigenvalue weighted by molar-refractivity contribution is 0.112. The van der Waals surface area contributed by atoms with Gasteiger partial charge in [-0.15, -0.1) is 0 Å². The molecular formula is C23H30N4O3. The van der Waals surface area contributed by atoms with Crippen molar-refractivity contribution in [2.24, 2.45) is 13.0 Å². The molecule has 2 fully saturated rings. The standard InChI is InChI=1S/C23H30N4O3/c1-24-18(10-21(28)23(30)20(24)15-25-7-2-3-8-25)14-26-11-16-9-17(13-26)19-5-4-6-22(29)27(19)12-16/h4-6,10,16-17,30H,2-3,7-9,11-15H2,1H3. The highest BCUT2D eigenvalue weighted by atomic mass is 16.3. The van der Waals surface area contributed by atoms with E-state index in [9.17, 15) is 14.7 Å². The number of nitrogens with zero attached hydrogens (tertiary/aromatic N) is 4. The molecule has 0 spiro atoms. The molecule has 1 N–H and O–H groups in total. The molecule has 2 saturated heterocycles. The number of aromatic hydroxyl groups is 1. The molecular weight excluding hydrogens is 380 g/mol. The normalized spacial score (nSPS) is 24.2. The molecule has 0 radical (unpaired) electrons. The van der Waals surface area contributed by atoms with Gasteiger partial charge in [0.2, 0.25) is 5.43 Å². The van der Waals surface area contributed by atoms with E-state index in [-0.39, 0.29) is 16.7 Å². The number of hydrogen-bond donors (Lipinski definition) is 1. The van der Waals surface area contributed by atoms with Gasteiger partial charge in [-0.1, -0.05) is 6.07 Å². The highest BCUT2D eigenvalue weighted by Gasteiger charge is 2.34. The summed E-state index contributed by atoms with van der Waals surface area (Å²) < 4.78 is 3.96.